The van der Waals surface area contributed by atoms with Crippen LogP contribution in [0.15, 0.2) is 23.1 Å². The minimum absolute atomic E-state index is 0.0180. The van der Waals surface area contributed by atoms with Crippen molar-refractivity contribution < 1.29 is 9.59 Å². The van der Waals surface area contributed by atoms with Crippen molar-refractivity contribution in [3.63, 3.8) is 0 Å². The number of carbonyl (C=O) groups is 2. The van der Waals surface area contributed by atoms with E-state index in [0.717, 1.165) is 16.1 Å². The summed E-state index contributed by atoms with van der Waals surface area (Å²) in [5.41, 5.74) is 3.71. The van der Waals surface area contributed by atoms with E-state index in [1.165, 1.54) is 11.8 Å². The molecule has 0 saturated heterocycles. The SMILES string of the molecule is CC(C(=O)NN)c1ccc2c(c1)NC(=O)CS2. The highest BCUT2D eigenvalue weighted by Crippen LogP contribution is 2.33. The lowest BCUT2D eigenvalue weighted by molar-refractivity contribution is -0.122. The first-order valence-corrected chi connectivity index (χ1v) is 6.17. The van der Waals surface area contributed by atoms with E-state index in [0.29, 0.717) is 5.75 Å². The van der Waals surface area contributed by atoms with E-state index in [2.05, 4.69) is 10.7 Å². The van der Waals surface area contributed by atoms with E-state index in [9.17, 15) is 9.59 Å². The molecule has 0 radical (unpaired) electrons. The maximum Gasteiger partial charge on any atom is 0.241 e. The van der Waals surface area contributed by atoms with Gasteiger partial charge in [0.15, 0.2) is 0 Å². The van der Waals surface area contributed by atoms with E-state index in [1.807, 2.05) is 18.2 Å². The highest BCUT2D eigenvalue weighted by atomic mass is 32.2. The van der Waals surface area contributed by atoms with Gasteiger partial charge in [0.2, 0.25) is 11.8 Å². The number of hydrogen-bond donors (Lipinski definition) is 3. The Hall–Kier alpha value is -1.53. The molecule has 0 aromatic heterocycles. The molecule has 0 saturated carbocycles. The summed E-state index contributed by atoms with van der Waals surface area (Å²) in [6.07, 6.45) is 0. The van der Waals surface area contributed by atoms with Crippen LogP contribution in [0, 0.1) is 0 Å². The second kappa shape index (κ2) is 4.77. The van der Waals surface area contributed by atoms with Gasteiger partial charge in [-0.25, -0.2) is 5.84 Å². The van der Waals surface area contributed by atoms with Gasteiger partial charge < -0.3 is 5.32 Å². The van der Waals surface area contributed by atoms with Crippen molar-refractivity contribution in [2.45, 2.75) is 17.7 Å². The molecule has 6 heteroatoms. The first-order chi connectivity index (χ1) is 8.11. The van der Waals surface area contributed by atoms with Crippen molar-refractivity contribution in [3.8, 4) is 0 Å². The fourth-order valence-corrected chi connectivity index (χ4v) is 2.43. The zero-order valence-electron chi connectivity index (χ0n) is 9.32. The molecule has 1 aliphatic rings. The molecule has 0 aliphatic carbocycles. The number of carbonyl (C=O) groups excluding carboxylic acids is 2. The molecule has 17 heavy (non-hydrogen) atoms. The first kappa shape index (κ1) is 11.9. The van der Waals surface area contributed by atoms with Crippen molar-refractivity contribution in [2.24, 2.45) is 5.84 Å². The minimum Gasteiger partial charge on any atom is -0.324 e. The molecular weight excluding hydrogens is 238 g/mol. The van der Waals surface area contributed by atoms with Crippen LogP contribution < -0.4 is 16.6 Å². The number of amides is 2. The summed E-state index contributed by atoms with van der Waals surface area (Å²) in [5.74, 6) is 4.93. The summed E-state index contributed by atoms with van der Waals surface area (Å²) in [5, 5.41) is 2.79. The second-order valence-electron chi connectivity index (χ2n) is 3.82. The van der Waals surface area contributed by atoms with E-state index < -0.39 is 0 Å². The number of anilines is 1. The first-order valence-electron chi connectivity index (χ1n) is 5.19. The van der Waals surface area contributed by atoms with Gasteiger partial charge in [-0.2, -0.15) is 0 Å². The second-order valence-corrected chi connectivity index (χ2v) is 4.84. The molecule has 1 aromatic rings. The van der Waals surface area contributed by atoms with Gasteiger partial charge in [-0.15, -0.1) is 11.8 Å². The minimum atomic E-state index is -0.339. The van der Waals surface area contributed by atoms with E-state index in [-0.39, 0.29) is 17.7 Å². The van der Waals surface area contributed by atoms with Gasteiger partial charge in [-0.05, 0) is 24.6 Å². The molecular formula is C11H13N3O2S. The van der Waals surface area contributed by atoms with Gasteiger partial charge in [0.1, 0.15) is 0 Å². The normalized spacial score (nSPS) is 15.8. The average molecular weight is 251 g/mol. The van der Waals surface area contributed by atoms with E-state index in [1.54, 1.807) is 6.92 Å². The summed E-state index contributed by atoms with van der Waals surface area (Å²) in [4.78, 5) is 23.7. The van der Waals surface area contributed by atoms with Crippen LogP contribution in [0.1, 0.15) is 18.4 Å². The van der Waals surface area contributed by atoms with Gasteiger partial charge in [-0.1, -0.05) is 6.07 Å². The third-order valence-electron chi connectivity index (χ3n) is 2.67. The zero-order valence-corrected chi connectivity index (χ0v) is 10.1. The van der Waals surface area contributed by atoms with Gasteiger partial charge >= 0.3 is 0 Å². The maximum absolute atomic E-state index is 11.4. The van der Waals surface area contributed by atoms with E-state index in [4.69, 9.17) is 5.84 Å². The summed E-state index contributed by atoms with van der Waals surface area (Å²) < 4.78 is 0. The van der Waals surface area contributed by atoms with Crippen LogP contribution in [-0.4, -0.2) is 17.6 Å². The quantitative estimate of drug-likeness (QED) is 0.413. The highest BCUT2D eigenvalue weighted by molar-refractivity contribution is 8.00. The number of nitrogens with one attached hydrogen (secondary N) is 2. The highest BCUT2D eigenvalue weighted by Gasteiger charge is 2.19. The topological polar surface area (TPSA) is 84.2 Å². The molecule has 0 fully saturated rings. The number of hydrogen-bond acceptors (Lipinski definition) is 4. The molecule has 0 spiro atoms. The van der Waals surface area contributed by atoms with Crippen molar-refractivity contribution >= 4 is 29.3 Å². The van der Waals surface area contributed by atoms with Crippen LogP contribution in [-0.2, 0) is 9.59 Å². The Labute approximate surface area is 103 Å². The van der Waals surface area contributed by atoms with Gasteiger partial charge in [0, 0.05) is 4.90 Å². The lowest BCUT2D eigenvalue weighted by Crippen LogP contribution is -2.33. The number of benzene rings is 1. The largest absolute Gasteiger partial charge is 0.324 e. The zero-order chi connectivity index (χ0) is 12.4. The fraction of sp³-hybridized carbons (Fsp3) is 0.273. The molecule has 0 bridgehead atoms. The summed E-state index contributed by atoms with van der Waals surface area (Å²) >= 11 is 1.49. The summed E-state index contributed by atoms with van der Waals surface area (Å²) in [6, 6.07) is 5.61. The molecule has 2 amide bonds. The van der Waals surface area contributed by atoms with Gasteiger partial charge in [-0.3, -0.25) is 15.0 Å². The Morgan fingerprint density at radius 1 is 1.59 bits per heavy atom. The molecule has 2 rings (SSSR count). The van der Waals surface area contributed by atoms with Crippen molar-refractivity contribution in [3.05, 3.63) is 23.8 Å². The summed E-state index contributed by atoms with van der Waals surface area (Å²) in [7, 11) is 0. The van der Waals surface area contributed by atoms with Crippen LogP contribution >= 0.6 is 11.8 Å². The Morgan fingerprint density at radius 2 is 2.35 bits per heavy atom. The van der Waals surface area contributed by atoms with Crippen LogP contribution in [0.4, 0.5) is 5.69 Å². The Morgan fingerprint density at radius 3 is 3.06 bits per heavy atom. The number of rotatable bonds is 2. The monoisotopic (exact) mass is 251 g/mol. The Bertz CT molecular complexity index is 476. The van der Waals surface area contributed by atoms with Crippen LogP contribution in [0.25, 0.3) is 0 Å². The maximum atomic E-state index is 11.4. The van der Waals surface area contributed by atoms with Crippen molar-refractivity contribution in [2.75, 3.05) is 11.1 Å². The van der Waals surface area contributed by atoms with Crippen molar-refractivity contribution in [1.29, 1.82) is 0 Å². The number of nitrogens with two attached hydrogens (primary N) is 1. The molecule has 1 atom stereocenters. The average Bonchev–Trinajstić information content (AvgIpc) is 2.36. The van der Waals surface area contributed by atoms with Crippen molar-refractivity contribution in [1.82, 2.24) is 5.43 Å². The van der Waals surface area contributed by atoms with Crippen LogP contribution in [0.2, 0.25) is 0 Å². The smallest absolute Gasteiger partial charge is 0.241 e. The predicted molar refractivity (Wildman–Crippen MR) is 66.5 cm³/mol. The Kier molecular flexibility index (Phi) is 3.35. The number of hydrazine groups is 1. The van der Waals surface area contributed by atoms with Gasteiger partial charge in [0.05, 0.1) is 17.4 Å². The standard InChI is InChI=1S/C11H13N3O2S/c1-6(11(16)14-12)7-2-3-9-8(4-7)13-10(15)5-17-9/h2-4,6H,5,12H2,1H3,(H,13,15)(H,14,16). The summed E-state index contributed by atoms with van der Waals surface area (Å²) in [6.45, 7) is 1.77. The molecule has 1 unspecified atom stereocenters. The fourth-order valence-electron chi connectivity index (χ4n) is 1.65. The number of thioether (sulfide) groups is 1. The molecule has 1 aromatic carbocycles. The predicted octanol–water partition coefficient (Wildman–Crippen LogP) is 0.824. The Balaban J connectivity index is 2.29. The third-order valence-corrected chi connectivity index (χ3v) is 3.75. The van der Waals surface area contributed by atoms with Crippen LogP contribution in [0.5, 0.6) is 0 Å². The lowest BCUT2D eigenvalue weighted by atomic mass is 10.00. The lowest BCUT2D eigenvalue weighted by Gasteiger charge is -2.18. The molecule has 4 N–H and O–H groups in total. The van der Waals surface area contributed by atoms with Gasteiger partial charge in [0.25, 0.3) is 0 Å². The molecule has 1 heterocycles. The van der Waals surface area contributed by atoms with E-state index >= 15 is 0 Å². The molecule has 90 valence electrons. The third kappa shape index (κ3) is 2.42. The van der Waals surface area contributed by atoms with Crippen LogP contribution in [0.3, 0.4) is 0 Å². The molecule has 5 nitrogen and oxygen atoms in total. The number of fused-ring (bicyclic) bond motifs is 1. The molecule has 1 aliphatic heterocycles.